The third-order valence-electron chi connectivity index (χ3n) is 12.8. The summed E-state index contributed by atoms with van der Waals surface area (Å²) in [5.74, 6) is -2.56. The van der Waals surface area contributed by atoms with Gasteiger partial charge in [-0.25, -0.2) is 0 Å². The summed E-state index contributed by atoms with van der Waals surface area (Å²) in [5.41, 5.74) is 8.85. The van der Waals surface area contributed by atoms with Crippen molar-refractivity contribution < 1.29 is 28.7 Å². The van der Waals surface area contributed by atoms with Crippen LogP contribution in [0, 0.1) is 37.5 Å². The van der Waals surface area contributed by atoms with Crippen molar-refractivity contribution in [1.82, 2.24) is 15.0 Å². The summed E-state index contributed by atoms with van der Waals surface area (Å²) in [6, 6.07) is 0. The zero-order valence-electron chi connectivity index (χ0n) is 37.4. The molecule has 11 heteroatoms. The van der Waals surface area contributed by atoms with E-state index in [2.05, 4.69) is 27.4 Å². The van der Waals surface area contributed by atoms with Crippen molar-refractivity contribution in [2.45, 2.75) is 119 Å². The summed E-state index contributed by atoms with van der Waals surface area (Å²) < 4.78 is 11.0. The van der Waals surface area contributed by atoms with Crippen molar-refractivity contribution in [3.63, 3.8) is 0 Å². The molecule has 0 N–H and O–H groups in total. The van der Waals surface area contributed by atoms with Crippen LogP contribution in [0.3, 0.4) is 0 Å². The smallest absolute Gasteiger partial charge is 0.664 e. The van der Waals surface area contributed by atoms with E-state index >= 15 is 0 Å². The van der Waals surface area contributed by atoms with E-state index in [1.165, 1.54) is 51.2 Å². The van der Waals surface area contributed by atoms with Gasteiger partial charge in [-0.2, -0.15) is 11.4 Å². The van der Waals surface area contributed by atoms with Gasteiger partial charge in [-0.1, -0.05) is 125 Å². The Morgan fingerprint density at radius 3 is 2.33 bits per heavy atom. The topological polar surface area (TPSA) is 143 Å². The molecule has 61 heavy (non-hydrogen) atoms. The Balaban J connectivity index is 0.00000704. The van der Waals surface area contributed by atoms with Crippen LogP contribution >= 0.6 is 0 Å². The molecule has 1 saturated heterocycles. The molecule has 3 aliphatic rings. The minimum Gasteiger partial charge on any atom is -0.664 e. The molecule has 5 heterocycles. The average Bonchev–Trinajstić information content (AvgIpc) is 3.98. The van der Waals surface area contributed by atoms with Crippen molar-refractivity contribution in [3.05, 3.63) is 102 Å². The molecule has 2 aliphatic heterocycles. The fourth-order valence-corrected chi connectivity index (χ4v) is 9.12. The van der Waals surface area contributed by atoms with E-state index in [4.69, 9.17) is 29.7 Å². The predicted molar refractivity (Wildman–Crippen MR) is 242 cm³/mol. The maximum atomic E-state index is 14.3. The fraction of sp³-hybridized carbons (Fsp3) is 0.480. The monoisotopic (exact) mass is 836 g/mol. The number of carbonyl (C=O) groups excluding carboxylic acids is 4. The number of hydrogen-bond donors (Lipinski definition) is 0. The summed E-state index contributed by atoms with van der Waals surface area (Å²) in [7, 11) is 1.27. The van der Waals surface area contributed by atoms with Crippen LogP contribution in [0.4, 0.5) is 0 Å². The second-order valence-corrected chi connectivity index (χ2v) is 16.8. The fourth-order valence-electron chi connectivity index (χ4n) is 9.12. The number of ketones is 1. The first kappa shape index (κ1) is 47.4. The Kier molecular flexibility index (Phi) is 16.3. The van der Waals surface area contributed by atoms with Gasteiger partial charge in [-0.15, -0.1) is 33.5 Å². The normalized spacial score (nSPS) is 21.6. The number of ether oxygens (including phenoxy) is 2. The predicted octanol–water partition coefficient (Wildman–Crippen LogP) is 8.21. The number of carbonyl (C=O) groups is 4. The van der Waals surface area contributed by atoms with Crippen molar-refractivity contribution in [2.75, 3.05) is 13.7 Å². The number of methoxy groups -OCH3 is 1. The second kappa shape index (κ2) is 21.0. The maximum Gasteiger partial charge on any atom is 2.00 e. The number of rotatable bonds is 18. The van der Waals surface area contributed by atoms with Crippen LogP contribution < -0.4 is 25.7 Å². The Hall–Kier alpha value is -4.61. The first-order valence-electron chi connectivity index (χ1n) is 21.8. The number of unbranched alkanes of at least 4 members (excludes halogenated alkanes) is 3. The molecule has 0 amide bonds. The molecule has 10 nitrogen and oxygen atoms in total. The number of Topliss-reactive ketones (excluding diaryl/α,β-unsaturated/α-hetero) is 1. The van der Waals surface area contributed by atoms with Gasteiger partial charge in [-0.05, 0) is 75.8 Å². The molecule has 1 aliphatic carbocycles. The standard InChI is InChI=1S/C50H61N4O6.Mg/c1-10-13-14-15-17-28(4)18-16-19-29(5)22-23-60-43(56)21-20-35-31(7)38-24-37-30(6)33(11-2)40(51-37)26-42-36(27-55)34(12-3)41(52-42)25-39-32(8)44-48(54-39)45(47(35)53-38)46(49(44)57)50(58)59-9;/h11,22,24-28,31,35,46H,2,10,12-21,23H2,1,3-9H3,(H-,53,54,55,57);/q-3;+2/p-1/b29-22+,38-24-,42-26-;/t28-,31+,35+,46-;/m1./s1. The van der Waals surface area contributed by atoms with Crippen LogP contribution in [-0.2, 0) is 25.5 Å². The maximum absolute atomic E-state index is 14.3. The first-order chi connectivity index (χ1) is 28.9. The number of aldehydes is 1. The number of allylic oxidation sites excluding steroid dienone is 3. The van der Waals surface area contributed by atoms with Gasteiger partial charge in [0.25, 0.3) is 0 Å². The molecule has 4 atom stereocenters. The van der Waals surface area contributed by atoms with E-state index < -0.39 is 17.7 Å². The summed E-state index contributed by atoms with van der Waals surface area (Å²) in [6.45, 7) is 18.7. The van der Waals surface area contributed by atoms with E-state index in [1.807, 2.05) is 45.9 Å². The van der Waals surface area contributed by atoms with Gasteiger partial charge in [0.2, 0.25) is 0 Å². The molecular formula is C50H60MgN4O6-2. The molecule has 0 saturated carbocycles. The van der Waals surface area contributed by atoms with Gasteiger partial charge < -0.3 is 29.7 Å². The third kappa shape index (κ3) is 9.88. The minimum absolute atomic E-state index is 0. The molecule has 0 radical (unpaired) electrons. The van der Waals surface area contributed by atoms with Crippen molar-refractivity contribution >= 4 is 76.9 Å². The van der Waals surface area contributed by atoms with Crippen LogP contribution in [0.5, 0.6) is 0 Å². The minimum atomic E-state index is -1.26. The van der Waals surface area contributed by atoms with Crippen LogP contribution in [0.2, 0.25) is 0 Å². The molecule has 320 valence electrons. The van der Waals surface area contributed by atoms with Gasteiger partial charge in [-0.3, -0.25) is 19.2 Å². The number of fused-ring (bicyclic) bond motifs is 7. The molecule has 3 aromatic heterocycles. The van der Waals surface area contributed by atoms with Crippen molar-refractivity contribution in [1.29, 1.82) is 0 Å². The zero-order chi connectivity index (χ0) is 43.2. The summed E-state index contributed by atoms with van der Waals surface area (Å²) in [5, 5.41) is 6.24. The van der Waals surface area contributed by atoms with Crippen molar-refractivity contribution in [3.8, 4) is 0 Å². The van der Waals surface area contributed by atoms with Crippen molar-refractivity contribution in [2.24, 2.45) is 23.7 Å². The first-order valence-corrected chi connectivity index (χ1v) is 21.8. The van der Waals surface area contributed by atoms with Gasteiger partial charge >= 0.3 is 35.0 Å². The molecule has 8 bridgehead atoms. The molecule has 0 unspecified atom stereocenters. The molecule has 6 rings (SSSR count). The third-order valence-corrected chi connectivity index (χ3v) is 12.8. The zero-order valence-corrected chi connectivity index (χ0v) is 38.8. The number of hydrogen-bond acceptors (Lipinski definition) is 6. The van der Waals surface area contributed by atoms with Gasteiger partial charge in [0.1, 0.15) is 18.8 Å². The SMILES string of the molecule is C=Cc1c2[n-]c(c1C)/C=C1\[N-]/C(=C3\c4[n-]c(c(C)c4C(=O)[C@@H]3C(=O)OC)/C=c3\[n-]/c(c(C=O)c3CC)=C\2)[C@@H](CCC(=O)OC/C=C(\C)CCC[C@H](C)CCCCCC)[C@@H]1C.[Mg+2]. The molecular weight excluding hydrogens is 777 g/mol. The largest absolute Gasteiger partial charge is 2.00 e. The number of esters is 2. The number of nitrogens with zero attached hydrogens (tertiary/aromatic N) is 4. The Labute approximate surface area is 377 Å². The Morgan fingerprint density at radius 1 is 0.918 bits per heavy atom. The van der Waals surface area contributed by atoms with E-state index in [-0.39, 0.29) is 53.9 Å². The van der Waals surface area contributed by atoms with E-state index in [0.29, 0.717) is 80.0 Å². The van der Waals surface area contributed by atoms with Crippen LogP contribution in [0.15, 0.2) is 29.6 Å². The summed E-state index contributed by atoms with van der Waals surface area (Å²) >= 11 is 0. The number of aromatic nitrogens is 3. The van der Waals surface area contributed by atoms with Gasteiger partial charge in [0, 0.05) is 17.5 Å². The Bertz CT molecular complexity index is 2390. The summed E-state index contributed by atoms with van der Waals surface area (Å²) in [6.07, 6.45) is 20.9. The van der Waals surface area contributed by atoms with Gasteiger partial charge in [0.15, 0.2) is 5.78 Å². The van der Waals surface area contributed by atoms with E-state index in [1.54, 1.807) is 12.2 Å². The molecule has 3 aromatic rings. The van der Waals surface area contributed by atoms with Crippen LogP contribution in [-0.4, -0.2) is 60.8 Å². The van der Waals surface area contributed by atoms with Gasteiger partial charge in [0.05, 0.1) is 7.11 Å². The quantitative estimate of drug-likeness (QED) is 0.0309. The second-order valence-electron chi connectivity index (χ2n) is 16.8. The van der Waals surface area contributed by atoms with Crippen LogP contribution in [0.25, 0.3) is 35.2 Å². The molecule has 1 fully saturated rings. The van der Waals surface area contributed by atoms with Crippen LogP contribution in [0.1, 0.15) is 165 Å². The molecule has 0 aromatic carbocycles. The van der Waals surface area contributed by atoms with E-state index in [9.17, 15) is 19.2 Å². The molecule has 0 spiro atoms. The Morgan fingerprint density at radius 2 is 1.64 bits per heavy atom. The average molecular weight is 837 g/mol. The van der Waals surface area contributed by atoms with E-state index in [0.717, 1.165) is 41.7 Å². The summed E-state index contributed by atoms with van der Waals surface area (Å²) in [4.78, 5) is 68.6.